The Morgan fingerprint density at radius 2 is 2.14 bits per heavy atom. The summed E-state index contributed by atoms with van der Waals surface area (Å²) in [7, 11) is 0. The predicted molar refractivity (Wildman–Crippen MR) is 79.1 cm³/mol. The normalized spacial score (nSPS) is 11.4. The van der Waals surface area contributed by atoms with Crippen LogP contribution in [-0.4, -0.2) is 36.6 Å². The fraction of sp³-hybridized carbons (Fsp3) is 0.357. The number of amides is 1. The molecule has 1 amide bonds. The van der Waals surface area contributed by atoms with Crippen molar-refractivity contribution >= 4 is 11.8 Å². The minimum absolute atomic E-state index is 0.195. The van der Waals surface area contributed by atoms with Crippen molar-refractivity contribution in [1.29, 1.82) is 0 Å². The van der Waals surface area contributed by atoms with Gasteiger partial charge in [0, 0.05) is 11.2 Å². The quantitative estimate of drug-likeness (QED) is 0.843. The van der Waals surface area contributed by atoms with Crippen molar-refractivity contribution < 1.29 is 9.90 Å². The van der Waals surface area contributed by atoms with Crippen molar-refractivity contribution in [3.63, 3.8) is 0 Å². The molecule has 1 aromatic carbocycles. The van der Waals surface area contributed by atoms with Gasteiger partial charge in [0.05, 0.1) is 24.1 Å². The van der Waals surface area contributed by atoms with Crippen LogP contribution in [0.5, 0.6) is 0 Å². The van der Waals surface area contributed by atoms with Gasteiger partial charge in [-0.05, 0) is 39.0 Å². The second kappa shape index (κ2) is 5.43. The Bertz CT molecular complexity index is 645. The number of carboxylic acid groups (broad SMARTS) is 1. The molecule has 1 heterocycles. The maximum absolute atomic E-state index is 11.4. The summed E-state index contributed by atoms with van der Waals surface area (Å²) in [5, 5.41) is 17.3. The number of nitrogens with zero attached hydrogens (tertiary/aromatic N) is 4. The predicted octanol–water partition coefficient (Wildman–Crippen LogP) is 2.13. The van der Waals surface area contributed by atoms with Gasteiger partial charge in [0.15, 0.2) is 0 Å². The van der Waals surface area contributed by atoms with Gasteiger partial charge in [-0.25, -0.2) is 9.48 Å². The molecule has 0 saturated heterocycles. The van der Waals surface area contributed by atoms with Gasteiger partial charge in [-0.1, -0.05) is 11.3 Å². The Hall–Kier alpha value is -2.57. The first-order chi connectivity index (χ1) is 9.79. The molecule has 0 saturated carbocycles. The van der Waals surface area contributed by atoms with E-state index in [2.05, 4.69) is 10.3 Å². The molecule has 21 heavy (non-hydrogen) atoms. The molecule has 3 N–H and O–H groups in total. The van der Waals surface area contributed by atoms with E-state index in [0.29, 0.717) is 11.4 Å². The second-order valence-electron chi connectivity index (χ2n) is 5.77. The summed E-state index contributed by atoms with van der Waals surface area (Å²) in [5.74, 6) is 0. The lowest BCUT2D eigenvalue weighted by molar-refractivity contribution is 0.0942. The molecule has 1 aromatic heterocycles. The van der Waals surface area contributed by atoms with E-state index in [9.17, 15) is 9.90 Å². The second-order valence-corrected chi connectivity index (χ2v) is 5.77. The van der Waals surface area contributed by atoms with Crippen molar-refractivity contribution in [3.8, 4) is 5.69 Å². The zero-order valence-corrected chi connectivity index (χ0v) is 12.3. The Kier molecular flexibility index (Phi) is 3.84. The van der Waals surface area contributed by atoms with Crippen LogP contribution in [-0.2, 0) is 6.54 Å². The van der Waals surface area contributed by atoms with E-state index in [1.165, 1.54) is 4.90 Å². The first-order valence-corrected chi connectivity index (χ1v) is 6.55. The number of hydrogen-bond donors (Lipinski definition) is 2. The highest BCUT2D eigenvalue weighted by Gasteiger charge is 2.27. The number of rotatable bonds is 3. The van der Waals surface area contributed by atoms with Crippen molar-refractivity contribution in [2.24, 2.45) is 0 Å². The number of carbonyl (C=O) groups is 1. The standard InChI is InChI=1S/C14H19N5O2/c1-14(2,3)18(13(20)21)9-12-8-16-17-19(12)11-6-4-5-10(15)7-11/h4-8H,9,15H2,1-3H3,(H,20,21). The fourth-order valence-electron chi connectivity index (χ4n) is 1.99. The van der Waals surface area contributed by atoms with Crippen LogP contribution in [0.3, 0.4) is 0 Å². The van der Waals surface area contributed by atoms with Crippen LogP contribution in [0.15, 0.2) is 30.5 Å². The largest absolute Gasteiger partial charge is 0.465 e. The van der Waals surface area contributed by atoms with E-state index in [0.717, 1.165) is 5.69 Å². The van der Waals surface area contributed by atoms with Crippen molar-refractivity contribution in [1.82, 2.24) is 19.9 Å². The monoisotopic (exact) mass is 289 g/mol. The molecule has 0 bridgehead atoms. The van der Waals surface area contributed by atoms with Crippen LogP contribution in [0, 0.1) is 0 Å². The Balaban J connectivity index is 2.35. The van der Waals surface area contributed by atoms with E-state index in [-0.39, 0.29) is 6.54 Å². The zero-order chi connectivity index (χ0) is 15.6. The third kappa shape index (κ3) is 3.31. The molecule has 0 spiro atoms. The van der Waals surface area contributed by atoms with Gasteiger partial charge in [-0.2, -0.15) is 0 Å². The Labute approximate surface area is 123 Å². The summed E-state index contributed by atoms with van der Waals surface area (Å²) < 4.78 is 1.60. The highest BCUT2D eigenvalue weighted by Crippen LogP contribution is 2.19. The maximum Gasteiger partial charge on any atom is 0.408 e. The molecule has 112 valence electrons. The van der Waals surface area contributed by atoms with Gasteiger partial charge in [0.2, 0.25) is 0 Å². The lowest BCUT2D eigenvalue weighted by Gasteiger charge is -2.32. The summed E-state index contributed by atoms with van der Waals surface area (Å²) in [6.45, 7) is 5.72. The first-order valence-electron chi connectivity index (χ1n) is 6.55. The molecule has 0 aliphatic carbocycles. The van der Waals surface area contributed by atoms with Gasteiger partial charge in [0.25, 0.3) is 0 Å². The number of benzene rings is 1. The average molecular weight is 289 g/mol. The summed E-state index contributed by atoms with van der Waals surface area (Å²) in [5.41, 5.74) is 7.29. The third-order valence-corrected chi connectivity index (χ3v) is 3.10. The molecular formula is C14H19N5O2. The highest BCUT2D eigenvalue weighted by atomic mass is 16.4. The lowest BCUT2D eigenvalue weighted by atomic mass is 10.1. The van der Waals surface area contributed by atoms with Crippen LogP contribution >= 0.6 is 0 Å². The molecule has 0 atom stereocenters. The zero-order valence-electron chi connectivity index (χ0n) is 12.3. The van der Waals surface area contributed by atoms with Crippen molar-refractivity contribution in [3.05, 3.63) is 36.2 Å². The Morgan fingerprint density at radius 3 is 2.71 bits per heavy atom. The first kappa shape index (κ1) is 14.8. The molecule has 7 heteroatoms. The molecule has 2 rings (SSSR count). The molecule has 0 aliphatic rings. The SMILES string of the molecule is CC(C)(C)N(Cc1cnnn1-c1cccc(N)c1)C(=O)O. The van der Waals surface area contributed by atoms with Crippen LogP contribution in [0.2, 0.25) is 0 Å². The van der Waals surface area contributed by atoms with Crippen molar-refractivity contribution in [2.45, 2.75) is 32.9 Å². The molecule has 0 aliphatic heterocycles. The molecule has 0 fully saturated rings. The molecule has 0 radical (unpaired) electrons. The topological polar surface area (TPSA) is 97.3 Å². The van der Waals surface area contributed by atoms with Crippen molar-refractivity contribution in [2.75, 3.05) is 5.73 Å². The summed E-state index contributed by atoms with van der Waals surface area (Å²) in [4.78, 5) is 12.8. The highest BCUT2D eigenvalue weighted by molar-refractivity contribution is 5.66. The maximum atomic E-state index is 11.4. The molecular weight excluding hydrogens is 270 g/mol. The van der Waals surface area contributed by atoms with E-state index in [1.54, 1.807) is 23.0 Å². The van der Waals surface area contributed by atoms with E-state index in [1.807, 2.05) is 32.9 Å². The van der Waals surface area contributed by atoms with Gasteiger partial charge in [-0.15, -0.1) is 5.10 Å². The summed E-state index contributed by atoms with van der Waals surface area (Å²) >= 11 is 0. The van der Waals surface area contributed by atoms with Crippen LogP contribution in [0.1, 0.15) is 26.5 Å². The molecule has 7 nitrogen and oxygen atoms in total. The van der Waals surface area contributed by atoms with Gasteiger partial charge in [0.1, 0.15) is 0 Å². The van der Waals surface area contributed by atoms with E-state index in [4.69, 9.17) is 5.73 Å². The van der Waals surface area contributed by atoms with Crippen LogP contribution in [0.25, 0.3) is 5.69 Å². The smallest absolute Gasteiger partial charge is 0.408 e. The number of nitrogens with two attached hydrogens (primary N) is 1. The number of hydrogen-bond acceptors (Lipinski definition) is 4. The Morgan fingerprint density at radius 1 is 1.43 bits per heavy atom. The van der Waals surface area contributed by atoms with Gasteiger partial charge in [-0.3, -0.25) is 4.90 Å². The van der Waals surface area contributed by atoms with E-state index >= 15 is 0 Å². The number of nitrogen functional groups attached to an aromatic ring is 1. The molecule has 0 unspecified atom stereocenters. The van der Waals surface area contributed by atoms with Crippen LogP contribution < -0.4 is 5.73 Å². The number of aromatic nitrogens is 3. The summed E-state index contributed by atoms with van der Waals surface area (Å²) in [6, 6.07) is 7.20. The van der Waals surface area contributed by atoms with Crippen LogP contribution in [0.4, 0.5) is 10.5 Å². The average Bonchev–Trinajstić information content (AvgIpc) is 2.82. The molecule has 2 aromatic rings. The minimum atomic E-state index is -0.983. The van der Waals surface area contributed by atoms with Gasteiger partial charge < -0.3 is 10.8 Å². The van der Waals surface area contributed by atoms with E-state index < -0.39 is 11.6 Å². The minimum Gasteiger partial charge on any atom is -0.465 e. The third-order valence-electron chi connectivity index (χ3n) is 3.10. The lowest BCUT2D eigenvalue weighted by Crippen LogP contribution is -2.44. The summed E-state index contributed by atoms with van der Waals surface area (Å²) in [6.07, 6.45) is 0.577. The number of anilines is 1. The fourth-order valence-corrected chi connectivity index (χ4v) is 1.99. The van der Waals surface area contributed by atoms with Gasteiger partial charge >= 0.3 is 6.09 Å².